The van der Waals surface area contributed by atoms with Gasteiger partial charge in [-0.2, -0.15) is 0 Å². The number of nitrogens with one attached hydrogen (secondary N) is 1. The highest BCUT2D eigenvalue weighted by molar-refractivity contribution is 5.99. The lowest BCUT2D eigenvalue weighted by molar-refractivity contribution is 0.460. The van der Waals surface area contributed by atoms with Crippen molar-refractivity contribution in [3.8, 4) is 0 Å². The zero-order chi connectivity index (χ0) is 12.4. The van der Waals surface area contributed by atoms with E-state index in [1.807, 2.05) is 0 Å². The van der Waals surface area contributed by atoms with Crippen molar-refractivity contribution >= 4 is 5.84 Å². The van der Waals surface area contributed by atoms with Crippen molar-refractivity contribution < 1.29 is 0 Å². The first-order valence-electron chi connectivity index (χ1n) is 6.91. The minimum Gasteiger partial charge on any atom is -0.358 e. The lowest BCUT2D eigenvalue weighted by atomic mass is 9.90. The summed E-state index contributed by atoms with van der Waals surface area (Å²) in [7, 11) is 2.12. The van der Waals surface area contributed by atoms with Crippen LogP contribution >= 0.6 is 0 Å². The normalized spacial score (nSPS) is 21.2. The van der Waals surface area contributed by atoms with Crippen LogP contribution in [-0.4, -0.2) is 44.0 Å². The molecule has 3 nitrogen and oxygen atoms in total. The fourth-order valence-electron chi connectivity index (χ4n) is 2.90. The van der Waals surface area contributed by atoms with Gasteiger partial charge in [0.2, 0.25) is 0 Å². The smallest absolute Gasteiger partial charge is 0.130 e. The summed E-state index contributed by atoms with van der Waals surface area (Å²) in [6, 6.07) is 9.05. The van der Waals surface area contributed by atoms with E-state index < -0.39 is 0 Å². The molecule has 1 saturated heterocycles. The second-order valence-electron chi connectivity index (χ2n) is 5.27. The van der Waals surface area contributed by atoms with Gasteiger partial charge >= 0.3 is 0 Å². The van der Waals surface area contributed by atoms with Crippen molar-refractivity contribution in [2.75, 3.05) is 33.2 Å². The van der Waals surface area contributed by atoms with E-state index in [1.54, 1.807) is 0 Å². The minimum atomic E-state index is 0.739. The summed E-state index contributed by atoms with van der Waals surface area (Å²) in [5.74, 6) is 1.88. The fourth-order valence-corrected chi connectivity index (χ4v) is 2.90. The Morgan fingerprint density at radius 2 is 1.89 bits per heavy atom. The van der Waals surface area contributed by atoms with Gasteiger partial charge in [0.25, 0.3) is 0 Å². The van der Waals surface area contributed by atoms with E-state index in [-0.39, 0.29) is 0 Å². The maximum absolute atomic E-state index is 4.56. The molecule has 0 bridgehead atoms. The lowest BCUT2D eigenvalue weighted by Gasteiger charge is -2.23. The summed E-state index contributed by atoms with van der Waals surface area (Å²) < 4.78 is 0. The second kappa shape index (κ2) is 5.11. The number of hydrogen-bond donors (Lipinski definition) is 1. The number of likely N-dealkylation sites (N-methyl/N-ethyl adjacent to an activating group) is 1. The van der Waals surface area contributed by atoms with E-state index in [0.717, 1.165) is 37.9 Å². The van der Waals surface area contributed by atoms with Gasteiger partial charge < -0.3 is 10.2 Å². The molecule has 3 heteroatoms. The van der Waals surface area contributed by atoms with Crippen LogP contribution in [0.2, 0.25) is 0 Å². The van der Waals surface area contributed by atoms with E-state index in [2.05, 4.69) is 46.5 Å². The van der Waals surface area contributed by atoms with Crippen LogP contribution in [0.3, 0.4) is 0 Å². The molecule has 1 aromatic rings. The van der Waals surface area contributed by atoms with Crippen LogP contribution < -0.4 is 5.32 Å². The molecule has 0 aromatic heterocycles. The SMILES string of the molecule is CN1CCN=C1c1ccc(C2CCNCC2)cc1. The Kier molecular flexibility index (Phi) is 3.33. The average Bonchev–Trinajstić information content (AvgIpc) is 2.86. The van der Waals surface area contributed by atoms with E-state index >= 15 is 0 Å². The largest absolute Gasteiger partial charge is 0.358 e. The number of amidine groups is 1. The predicted octanol–water partition coefficient (Wildman–Crippen LogP) is 1.85. The summed E-state index contributed by atoms with van der Waals surface area (Å²) >= 11 is 0. The highest BCUT2D eigenvalue weighted by Crippen LogP contribution is 2.25. The summed E-state index contributed by atoms with van der Waals surface area (Å²) in [5.41, 5.74) is 2.74. The molecule has 0 amide bonds. The standard InChI is InChI=1S/C15H21N3/c1-18-11-10-17-15(18)14-4-2-12(3-5-14)13-6-8-16-9-7-13/h2-5,13,16H,6-11H2,1H3. The molecule has 3 rings (SSSR count). The summed E-state index contributed by atoms with van der Waals surface area (Å²) in [5, 5.41) is 3.42. The highest BCUT2D eigenvalue weighted by Gasteiger charge is 2.17. The van der Waals surface area contributed by atoms with Crippen LogP contribution in [0.4, 0.5) is 0 Å². The molecule has 0 atom stereocenters. The minimum absolute atomic E-state index is 0.739. The van der Waals surface area contributed by atoms with E-state index in [4.69, 9.17) is 0 Å². The molecule has 1 N–H and O–H groups in total. The topological polar surface area (TPSA) is 27.6 Å². The molecule has 1 aromatic carbocycles. The van der Waals surface area contributed by atoms with Crippen molar-refractivity contribution in [3.63, 3.8) is 0 Å². The van der Waals surface area contributed by atoms with Crippen LogP contribution in [0.25, 0.3) is 0 Å². The van der Waals surface area contributed by atoms with Crippen LogP contribution in [0.5, 0.6) is 0 Å². The van der Waals surface area contributed by atoms with Crippen molar-refractivity contribution in [2.24, 2.45) is 4.99 Å². The number of benzene rings is 1. The van der Waals surface area contributed by atoms with Gasteiger partial charge in [-0.3, -0.25) is 4.99 Å². The van der Waals surface area contributed by atoms with Gasteiger partial charge in [0, 0.05) is 19.2 Å². The maximum Gasteiger partial charge on any atom is 0.130 e. The predicted molar refractivity (Wildman–Crippen MR) is 75.3 cm³/mol. The summed E-state index contributed by atoms with van der Waals surface area (Å²) in [4.78, 5) is 6.80. The average molecular weight is 243 g/mol. The third-order valence-electron chi connectivity index (χ3n) is 4.04. The summed E-state index contributed by atoms with van der Waals surface area (Å²) in [6.45, 7) is 4.29. The number of aliphatic imine (C=N–C) groups is 1. The third kappa shape index (κ3) is 2.27. The van der Waals surface area contributed by atoms with Crippen molar-refractivity contribution in [2.45, 2.75) is 18.8 Å². The second-order valence-corrected chi connectivity index (χ2v) is 5.27. The Morgan fingerprint density at radius 1 is 1.17 bits per heavy atom. The van der Waals surface area contributed by atoms with Gasteiger partial charge in [0.05, 0.1) is 6.54 Å². The molecule has 96 valence electrons. The van der Waals surface area contributed by atoms with Crippen LogP contribution in [0.15, 0.2) is 29.3 Å². The third-order valence-corrected chi connectivity index (χ3v) is 4.04. The monoisotopic (exact) mass is 243 g/mol. The molecule has 2 heterocycles. The van der Waals surface area contributed by atoms with Crippen molar-refractivity contribution in [3.05, 3.63) is 35.4 Å². The van der Waals surface area contributed by atoms with E-state index in [1.165, 1.54) is 24.0 Å². The molecule has 2 aliphatic rings. The van der Waals surface area contributed by atoms with Crippen molar-refractivity contribution in [1.29, 1.82) is 0 Å². The fraction of sp³-hybridized carbons (Fsp3) is 0.533. The molecule has 2 aliphatic heterocycles. The molecular weight excluding hydrogens is 222 g/mol. The first kappa shape index (κ1) is 11.7. The van der Waals surface area contributed by atoms with Crippen molar-refractivity contribution in [1.82, 2.24) is 10.2 Å². The zero-order valence-electron chi connectivity index (χ0n) is 11.0. The summed E-state index contributed by atoms with van der Waals surface area (Å²) in [6.07, 6.45) is 2.53. The molecular formula is C15H21N3. The molecule has 1 fully saturated rings. The van der Waals surface area contributed by atoms with Crippen LogP contribution in [-0.2, 0) is 0 Å². The van der Waals surface area contributed by atoms with Crippen LogP contribution in [0.1, 0.15) is 29.9 Å². The lowest BCUT2D eigenvalue weighted by Crippen LogP contribution is -2.26. The van der Waals surface area contributed by atoms with Gasteiger partial charge in [-0.25, -0.2) is 0 Å². The number of piperidine rings is 1. The Hall–Kier alpha value is -1.35. The quantitative estimate of drug-likeness (QED) is 0.858. The zero-order valence-corrected chi connectivity index (χ0v) is 11.0. The molecule has 18 heavy (non-hydrogen) atoms. The maximum atomic E-state index is 4.56. The highest BCUT2D eigenvalue weighted by atomic mass is 15.2. The number of nitrogens with zero attached hydrogens (tertiary/aromatic N) is 2. The molecule has 0 aliphatic carbocycles. The van der Waals surface area contributed by atoms with E-state index in [9.17, 15) is 0 Å². The Labute approximate surface area is 109 Å². The Balaban J connectivity index is 1.76. The Morgan fingerprint density at radius 3 is 2.50 bits per heavy atom. The first-order chi connectivity index (χ1) is 8.84. The van der Waals surface area contributed by atoms with Gasteiger partial charge in [-0.05, 0) is 37.4 Å². The van der Waals surface area contributed by atoms with Gasteiger partial charge in [0.1, 0.15) is 5.84 Å². The van der Waals surface area contributed by atoms with Crippen LogP contribution in [0, 0.1) is 0 Å². The molecule has 0 radical (unpaired) electrons. The van der Waals surface area contributed by atoms with Gasteiger partial charge in [0.15, 0.2) is 0 Å². The Bertz CT molecular complexity index is 430. The molecule has 0 spiro atoms. The van der Waals surface area contributed by atoms with E-state index in [0.29, 0.717) is 0 Å². The van der Waals surface area contributed by atoms with Gasteiger partial charge in [-0.1, -0.05) is 24.3 Å². The molecule has 0 unspecified atom stereocenters. The first-order valence-corrected chi connectivity index (χ1v) is 6.91. The number of hydrogen-bond acceptors (Lipinski definition) is 3. The van der Waals surface area contributed by atoms with Gasteiger partial charge in [-0.15, -0.1) is 0 Å². The number of rotatable bonds is 2. The molecule has 0 saturated carbocycles.